The van der Waals surface area contributed by atoms with Crippen LogP contribution in [0, 0.1) is 5.92 Å². The molecule has 2 N–H and O–H groups in total. The van der Waals surface area contributed by atoms with Gasteiger partial charge in [0.15, 0.2) is 0 Å². The lowest BCUT2D eigenvalue weighted by atomic mass is 10.0. The van der Waals surface area contributed by atoms with Crippen LogP contribution in [0.2, 0.25) is 0 Å². The number of urea groups is 1. The molecule has 1 aromatic heterocycles. The molecule has 0 radical (unpaired) electrons. The third-order valence-electron chi connectivity index (χ3n) is 2.11. The molecular formula is C7H8N4O3S. The quantitative estimate of drug-likeness (QED) is 0.747. The number of aliphatic carboxylic acids is 1. The van der Waals surface area contributed by atoms with Gasteiger partial charge in [0, 0.05) is 24.6 Å². The first-order valence-corrected chi connectivity index (χ1v) is 5.00. The zero-order valence-electron chi connectivity index (χ0n) is 7.58. The lowest BCUT2D eigenvalue weighted by Crippen LogP contribution is -2.54. The minimum absolute atomic E-state index is 0.257. The Morgan fingerprint density at radius 1 is 1.60 bits per heavy atom. The molecular weight excluding hydrogens is 220 g/mol. The maximum atomic E-state index is 11.4. The van der Waals surface area contributed by atoms with Crippen molar-refractivity contribution in [1.82, 2.24) is 14.5 Å². The van der Waals surface area contributed by atoms with Gasteiger partial charge in [-0.05, 0) is 0 Å². The average Bonchev–Trinajstić information content (AvgIpc) is 2.52. The molecule has 80 valence electrons. The second-order valence-electron chi connectivity index (χ2n) is 3.15. The zero-order chi connectivity index (χ0) is 10.8. The smallest absolute Gasteiger partial charge is 0.322 e. The number of aromatic nitrogens is 2. The first kappa shape index (κ1) is 9.84. The summed E-state index contributed by atoms with van der Waals surface area (Å²) in [6.07, 6.45) is 1.44. The Morgan fingerprint density at radius 3 is 2.87 bits per heavy atom. The summed E-state index contributed by atoms with van der Waals surface area (Å²) in [5.74, 6) is -1.30. The van der Waals surface area contributed by atoms with E-state index in [1.54, 1.807) is 0 Å². The molecule has 1 aliphatic heterocycles. The normalized spacial score (nSPS) is 15.9. The maximum absolute atomic E-state index is 11.4. The summed E-state index contributed by atoms with van der Waals surface area (Å²) in [5, 5.41) is 15.3. The molecule has 2 amide bonds. The molecule has 0 spiro atoms. The molecule has 8 heteroatoms. The number of carbonyl (C=O) groups is 2. The molecule has 0 saturated carbocycles. The van der Waals surface area contributed by atoms with Crippen LogP contribution in [0.25, 0.3) is 0 Å². The van der Waals surface area contributed by atoms with Gasteiger partial charge in [0.2, 0.25) is 0 Å². The van der Waals surface area contributed by atoms with E-state index in [9.17, 15) is 9.59 Å². The number of carboxylic acids is 1. The van der Waals surface area contributed by atoms with Crippen molar-refractivity contribution in [3.05, 3.63) is 6.20 Å². The van der Waals surface area contributed by atoms with Crippen LogP contribution in [0.4, 0.5) is 9.80 Å². The van der Waals surface area contributed by atoms with Gasteiger partial charge in [-0.2, -0.15) is 0 Å². The number of nitrogens with one attached hydrogen (secondary N) is 1. The SMILES string of the molecule is O=C(O)C1CN(C(=O)Nc2cnns2)C1. The second kappa shape index (κ2) is 3.81. The molecule has 1 fully saturated rings. The first-order valence-electron chi connectivity index (χ1n) is 4.23. The van der Waals surface area contributed by atoms with E-state index >= 15 is 0 Å². The molecule has 1 aliphatic rings. The lowest BCUT2D eigenvalue weighted by molar-refractivity contribution is -0.145. The van der Waals surface area contributed by atoms with Gasteiger partial charge in [0.25, 0.3) is 0 Å². The molecule has 2 rings (SSSR count). The third-order valence-corrected chi connectivity index (χ3v) is 2.69. The van der Waals surface area contributed by atoms with Crippen molar-refractivity contribution in [3.8, 4) is 0 Å². The number of likely N-dealkylation sites (tertiary alicyclic amines) is 1. The van der Waals surface area contributed by atoms with Crippen LogP contribution in [0.3, 0.4) is 0 Å². The van der Waals surface area contributed by atoms with Gasteiger partial charge in [-0.25, -0.2) is 4.79 Å². The Bertz CT molecular complexity index is 374. The number of hydrogen-bond donors (Lipinski definition) is 2. The van der Waals surface area contributed by atoms with Crippen molar-refractivity contribution in [1.29, 1.82) is 0 Å². The Hall–Kier alpha value is -1.70. The highest BCUT2D eigenvalue weighted by molar-refractivity contribution is 7.10. The number of hydrogen-bond acceptors (Lipinski definition) is 5. The highest BCUT2D eigenvalue weighted by Crippen LogP contribution is 2.18. The van der Waals surface area contributed by atoms with Gasteiger partial charge in [-0.3, -0.25) is 10.1 Å². The highest BCUT2D eigenvalue weighted by Gasteiger charge is 2.35. The molecule has 0 aliphatic carbocycles. The van der Waals surface area contributed by atoms with Crippen molar-refractivity contribution >= 4 is 28.5 Å². The van der Waals surface area contributed by atoms with Crippen molar-refractivity contribution < 1.29 is 14.7 Å². The number of amides is 2. The summed E-state index contributed by atoms with van der Waals surface area (Å²) in [5.41, 5.74) is 0. The van der Waals surface area contributed by atoms with Gasteiger partial charge in [-0.1, -0.05) is 4.49 Å². The molecule has 0 unspecified atom stereocenters. The predicted octanol–water partition coefficient (Wildman–Crippen LogP) is 0.0864. The molecule has 0 atom stereocenters. The zero-order valence-corrected chi connectivity index (χ0v) is 8.40. The van der Waals surface area contributed by atoms with E-state index in [-0.39, 0.29) is 19.1 Å². The number of carbonyl (C=O) groups excluding carboxylic acids is 1. The number of nitrogens with zero attached hydrogens (tertiary/aromatic N) is 3. The van der Waals surface area contributed by atoms with E-state index in [4.69, 9.17) is 5.11 Å². The molecule has 0 bridgehead atoms. The van der Waals surface area contributed by atoms with Crippen LogP contribution in [0.15, 0.2) is 6.20 Å². The number of anilines is 1. The van der Waals surface area contributed by atoms with Crippen LogP contribution in [-0.2, 0) is 4.79 Å². The summed E-state index contributed by atoms with van der Waals surface area (Å²) in [4.78, 5) is 23.4. The third kappa shape index (κ3) is 2.04. The number of carboxylic acid groups (broad SMARTS) is 1. The van der Waals surface area contributed by atoms with Crippen molar-refractivity contribution in [2.75, 3.05) is 18.4 Å². The van der Waals surface area contributed by atoms with E-state index in [1.165, 1.54) is 11.1 Å². The van der Waals surface area contributed by atoms with Crippen LogP contribution in [0.1, 0.15) is 0 Å². The first-order chi connectivity index (χ1) is 7.16. The van der Waals surface area contributed by atoms with Crippen LogP contribution >= 0.6 is 11.5 Å². The molecule has 7 nitrogen and oxygen atoms in total. The van der Waals surface area contributed by atoms with Gasteiger partial charge < -0.3 is 10.0 Å². The minimum atomic E-state index is -0.862. The van der Waals surface area contributed by atoms with Crippen LogP contribution in [-0.4, -0.2) is 44.7 Å². The fourth-order valence-corrected chi connectivity index (χ4v) is 1.62. The van der Waals surface area contributed by atoms with Crippen molar-refractivity contribution in [2.45, 2.75) is 0 Å². The van der Waals surface area contributed by atoms with Gasteiger partial charge in [0.1, 0.15) is 5.00 Å². The highest BCUT2D eigenvalue weighted by atomic mass is 32.1. The van der Waals surface area contributed by atoms with Gasteiger partial charge in [0.05, 0.1) is 12.1 Å². The second-order valence-corrected chi connectivity index (χ2v) is 3.94. The maximum Gasteiger partial charge on any atom is 0.322 e. The summed E-state index contributed by atoms with van der Waals surface area (Å²) in [6.45, 7) is 0.515. The fraction of sp³-hybridized carbons (Fsp3) is 0.429. The van der Waals surface area contributed by atoms with E-state index in [0.717, 1.165) is 11.5 Å². The van der Waals surface area contributed by atoms with Gasteiger partial charge in [-0.15, -0.1) is 5.10 Å². The van der Waals surface area contributed by atoms with Crippen LogP contribution in [0.5, 0.6) is 0 Å². The minimum Gasteiger partial charge on any atom is -0.481 e. The molecule has 0 aromatic carbocycles. The molecule has 2 heterocycles. The Morgan fingerprint density at radius 2 is 2.33 bits per heavy atom. The largest absolute Gasteiger partial charge is 0.481 e. The Labute approximate surface area is 88.9 Å². The topological polar surface area (TPSA) is 95.4 Å². The van der Waals surface area contributed by atoms with E-state index in [2.05, 4.69) is 14.9 Å². The van der Waals surface area contributed by atoms with Gasteiger partial charge >= 0.3 is 12.0 Å². The summed E-state index contributed by atoms with van der Waals surface area (Å²) < 4.78 is 3.59. The van der Waals surface area contributed by atoms with E-state index in [0.29, 0.717) is 5.00 Å². The van der Waals surface area contributed by atoms with E-state index in [1.807, 2.05) is 0 Å². The Kier molecular flexibility index (Phi) is 2.50. The average molecular weight is 228 g/mol. The number of rotatable bonds is 2. The molecule has 15 heavy (non-hydrogen) atoms. The van der Waals surface area contributed by atoms with Crippen LogP contribution < -0.4 is 5.32 Å². The van der Waals surface area contributed by atoms with Crippen molar-refractivity contribution in [3.63, 3.8) is 0 Å². The monoisotopic (exact) mass is 228 g/mol. The molecule has 1 saturated heterocycles. The standard InChI is InChI=1S/C7H8N4O3S/c12-6(13)4-2-11(3-4)7(14)9-5-1-8-10-15-5/h1,4H,2-3H2,(H,9,14)(H,12,13). The summed E-state index contributed by atoms with van der Waals surface area (Å²) in [6, 6.07) is -0.307. The summed E-state index contributed by atoms with van der Waals surface area (Å²) >= 11 is 1.07. The summed E-state index contributed by atoms with van der Waals surface area (Å²) in [7, 11) is 0. The fourth-order valence-electron chi connectivity index (χ4n) is 1.21. The predicted molar refractivity (Wildman–Crippen MR) is 51.6 cm³/mol. The Balaban J connectivity index is 1.82. The lowest BCUT2D eigenvalue weighted by Gasteiger charge is -2.36. The van der Waals surface area contributed by atoms with Crippen molar-refractivity contribution in [2.24, 2.45) is 5.92 Å². The molecule has 1 aromatic rings. The van der Waals surface area contributed by atoms with E-state index < -0.39 is 11.9 Å².